The molecule has 0 amide bonds. The van der Waals surface area contributed by atoms with Gasteiger partial charge in [-0.05, 0) is 87.3 Å². The summed E-state index contributed by atoms with van der Waals surface area (Å²) in [5, 5.41) is 6.91. The Hall–Kier alpha value is -2.56. The van der Waals surface area contributed by atoms with Crippen molar-refractivity contribution < 1.29 is 0 Å². The van der Waals surface area contributed by atoms with E-state index in [4.69, 9.17) is 0 Å². The lowest BCUT2D eigenvalue weighted by molar-refractivity contribution is 0.611. The molecule has 1 unspecified atom stereocenters. The molecule has 162 valence electrons. The first-order valence-corrected chi connectivity index (χ1v) is 10.9. The lowest BCUT2D eigenvalue weighted by Gasteiger charge is -2.23. The van der Waals surface area contributed by atoms with E-state index in [-0.39, 0.29) is 5.92 Å². The molecule has 0 spiro atoms. The van der Waals surface area contributed by atoms with Gasteiger partial charge in [0.25, 0.3) is 0 Å². The minimum atomic E-state index is 0.199. The summed E-state index contributed by atoms with van der Waals surface area (Å²) in [7, 11) is 1.88. The van der Waals surface area contributed by atoms with E-state index in [1.54, 1.807) is 0 Å². The van der Waals surface area contributed by atoms with Crippen molar-refractivity contribution in [3.63, 3.8) is 0 Å². The first-order valence-electron chi connectivity index (χ1n) is 10.9. The molecule has 0 bridgehead atoms. The van der Waals surface area contributed by atoms with Crippen LogP contribution < -0.4 is 21.5 Å². The Morgan fingerprint density at radius 2 is 1.77 bits per heavy atom. The number of benzene rings is 2. The minimum Gasteiger partial charge on any atom is -0.384 e. The van der Waals surface area contributed by atoms with E-state index in [0.29, 0.717) is 0 Å². The standard InChI is InChI=1S/C26H38N4/c1-7-19(2)17-28-18-21(4)26(25-13-8-10-20(3)22(25)5)23-11-9-12-24(16-23)29-14-15-30-27-6/h8-13,16-18,26-30H,7,14-15H2,1-6H3/b19-17+,21-18+. The molecular formula is C26H38N4. The number of nitrogens with one attached hydrogen (secondary N) is 4. The number of hydrogen-bond donors (Lipinski definition) is 4. The van der Waals surface area contributed by atoms with Crippen LogP contribution in [0.15, 0.2) is 66.0 Å². The molecule has 0 aliphatic rings. The van der Waals surface area contributed by atoms with Crippen molar-refractivity contribution in [3.05, 3.63) is 88.3 Å². The maximum atomic E-state index is 3.51. The summed E-state index contributed by atoms with van der Waals surface area (Å²) >= 11 is 0. The zero-order chi connectivity index (χ0) is 21.9. The molecule has 2 aromatic carbocycles. The highest BCUT2D eigenvalue weighted by Crippen LogP contribution is 2.35. The van der Waals surface area contributed by atoms with Crippen LogP contribution in [0, 0.1) is 13.8 Å². The van der Waals surface area contributed by atoms with Crippen LogP contribution in [0.3, 0.4) is 0 Å². The van der Waals surface area contributed by atoms with Crippen LogP contribution in [0.25, 0.3) is 0 Å². The Bertz CT molecular complexity index is 867. The van der Waals surface area contributed by atoms with Gasteiger partial charge in [0.15, 0.2) is 0 Å². The smallest absolute Gasteiger partial charge is 0.0343 e. The monoisotopic (exact) mass is 406 g/mol. The van der Waals surface area contributed by atoms with Gasteiger partial charge in [-0.1, -0.05) is 42.8 Å². The van der Waals surface area contributed by atoms with Gasteiger partial charge in [-0.15, -0.1) is 0 Å². The predicted molar refractivity (Wildman–Crippen MR) is 131 cm³/mol. The highest BCUT2D eigenvalue weighted by Gasteiger charge is 2.19. The molecule has 0 radical (unpaired) electrons. The Labute approximate surface area is 182 Å². The van der Waals surface area contributed by atoms with Gasteiger partial charge in [-0.3, -0.25) is 10.9 Å². The van der Waals surface area contributed by atoms with Crippen molar-refractivity contribution in [1.29, 1.82) is 0 Å². The molecule has 0 aliphatic heterocycles. The number of anilines is 1. The fourth-order valence-corrected chi connectivity index (χ4v) is 3.50. The molecule has 2 aromatic rings. The van der Waals surface area contributed by atoms with E-state index >= 15 is 0 Å². The molecule has 0 saturated heterocycles. The third kappa shape index (κ3) is 6.75. The SMILES string of the molecule is CC/C(C)=C/N/C=C(\C)C(c1cccc(NCCNNC)c1)c1cccc(C)c1C. The first kappa shape index (κ1) is 23.7. The van der Waals surface area contributed by atoms with Crippen LogP contribution in [0.4, 0.5) is 5.69 Å². The van der Waals surface area contributed by atoms with Gasteiger partial charge in [0.1, 0.15) is 0 Å². The van der Waals surface area contributed by atoms with Crippen molar-refractivity contribution >= 4 is 5.69 Å². The molecule has 1 atom stereocenters. The van der Waals surface area contributed by atoms with Crippen molar-refractivity contribution in [3.8, 4) is 0 Å². The maximum absolute atomic E-state index is 3.51. The molecule has 4 N–H and O–H groups in total. The summed E-state index contributed by atoms with van der Waals surface area (Å²) < 4.78 is 0. The lowest BCUT2D eigenvalue weighted by atomic mass is 9.82. The van der Waals surface area contributed by atoms with Gasteiger partial charge in [0, 0.05) is 30.9 Å². The van der Waals surface area contributed by atoms with Crippen molar-refractivity contribution in [2.24, 2.45) is 0 Å². The second-order valence-electron chi connectivity index (χ2n) is 7.85. The number of rotatable bonds is 11. The van der Waals surface area contributed by atoms with E-state index in [2.05, 4.69) is 111 Å². The fourth-order valence-electron chi connectivity index (χ4n) is 3.50. The third-order valence-corrected chi connectivity index (χ3v) is 5.59. The van der Waals surface area contributed by atoms with E-state index < -0.39 is 0 Å². The number of aryl methyl sites for hydroxylation is 1. The van der Waals surface area contributed by atoms with Crippen LogP contribution in [0.2, 0.25) is 0 Å². The summed E-state index contributed by atoms with van der Waals surface area (Å²) in [5.74, 6) is 0.199. The number of hydrazine groups is 1. The zero-order valence-corrected chi connectivity index (χ0v) is 19.4. The van der Waals surface area contributed by atoms with Crippen LogP contribution in [-0.4, -0.2) is 20.1 Å². The molecule has 0 aromatic heterocycles. The second kappa shape index (κ2) is 12.2. The Kier molecular flexibility index (Phi) is 9.65. The third-order valence-electron chi connectivity index (χ3n) is 5.59. The molecule has 4 nitrogen and oxygen atoms in total. The fraction of sp³-hybridized carbons (Fsp3) is 0.385. The molecule has 4 heteroatoms. The lowest BCUT2D eigenvalue weighted by Crippen LogP contribution is -2.32. The van der Waals surface area contributed by atoms with Gasteiger partial charge < -0.3 is 10.6 Å². The maximum Gasteiger partial charge on any atom is 0.0343 e. The molecule has 0 heterocycles. The van der Waals surface area contributed by atoms with Crippen LogP contribution in [0.5, 0.6) is 0 Å². The average molecular weight is 407 g/mol. The van der Waals surface area contributed by atoms with E-state index in [1.807, 2.05) is 7.05 Å². The van der Waals surface area contributed by atoms with E-state index in [1.165, 1.54) is 33.4 Å². The highest BCUT2D eigenvalue weighted by molar-refractivity contribution is 5.52. The number of allylic oxidation sites excluding steroid dienone is 2. The number of hydrogen-bond acceptors (Lipinski definition) is 4. The zero-order valence-electron chi connectivity index (χ0n) is 19.4. The van der Waals surface area contributed by atoms with Gasteiger partial charge in [-0.25, -0.2) is 0 Å². The van der Waals surface area contributed by atoms with E-state index in [9.17, 15) is 0 Å². The molecule has 2 rings (SSSR count). The van der Waals surface area contributed by atoms with Crippen LogP contribution in [0.1, 0.15) is 55.4 Å². The Morgan fingerprint density at radius 1 is 1.00 bits per heavy atom. The summed E-state index contributed by atoms with van der Waals surface area (Å²) in [5.41, 5.74) is 15.2. The van der Waals surface area contributed by atoms with Crippen molar-refractivity contribution in [2.75, 3.05) is 25.5 Å². The largest absolute Gasteiger partial charge is 0.384 e. The molecule has 0 aliphatic carbocycles. The van der Waals surface area contributed by atoms with Gasteiger partial charge in [-0.2, -0.15) is 0 Å². The first-order chi connectivity index (χ1) is 14.5. The normalized spacial score (nSPS) is 13.3. The Balaban J connectivity index is 2.39. The molecular weight excluding hydrogens is 368 g/mol. The topological polar surface area (TPSA) is 48.1 Å². The summed E-state index contributed by atoms with van der Waals surface area (Å²) in [6, 6.07) is 15.4. The van der Waals surface area contributed by atoms with Crippen LogP contribution >= 0.6 is 0 Å². The van der Waals surface area contributed by atoms with Crippen molar-refractivity contribution in [2.45, 2.75) is 47.0 Å². The second-order valence-corrected chi connectivity index (χ2v) is 7.85. The highest BCUT2D eigenvalue weighted by atomic mass is 15.3. The Morgan fingerprint density at radius 3 is 2.50 bits per heavy atom. The molecule has 0 saturated carbocycles. The average Bonchev–Trinajstić information content (AvgIpc) is 2.74. The summed E-state index contributed by atoms with van der Waals surface area (Å²) in [4.78, 5) is 0. The van der Waals surface area contributed by atoms with E-state index in [0.717, 1.165) is 25.2 Å². The van der Waals surface area contributed by atoms with Crippen molar-refractivity contribution in [1.82, 2.24) is 16.2 Å². The molecule has 30 heavy (non-hydrogen) atoms. The van der Waals surface area contributed by atoms with Gasteiger partial charge >= 0.3 is 0 Å². The minimum absolute atomic E-state index is 0.199. The summed E-state index contributed by atoms with van der Waals surface area (Å²) in [6.07, 6.45) is 5.29. The molecule has 0 fully saturated rings. The predicted octanol–water partition coefficient (Wildman–Crippen LogP) is 5.38. The summed E-state index contributed by atoms with van der Waals surface area (Å²) in [6.45, 7) is 12.7. The van der Waals surface area contributed by atoms with Gasteiger partial charge in [0.05, 0.1) is 0 Å². The van der Waals surface area contributed by atoms with Gasteiger partial charge in [0.2, 0.25) is 0 Å². The quantitative estimate of drug-likeness (QED) is 0.299. The van der Waals surface area contributed by atoms with Crippen LogP contribution in [-0.2, 0) is 0 Å².